The number of hydrogen-bond acceptors (Lipinski definition) is 4. The number of ether oxygens (including phenoxy) is 2. The van der Waals surface area contributed by atoms with E-state index in [1.165, 1.54) is 4.88 Å². The molecule has 0 radical (unpaired) electrons. The Bertz CT molecular complexity index is 626. The second-order valence-electron chi connectivity index (χ2n) is 4.20. The highest BCUT2D eigenvalue weighted by molar-refractivity contribution is 9.13. The van der Waals surface area contributed by atoms with Gasteiger partial charge in [-0.2, -0.15) is 0 Å². The number of thiophene rings is 1. The molecule has 7 heteroatoms. The Kier molecular flexibility index (Phi) is 6.14. The SMILES string of the molecule is CNC(c1cc(Br)c(Br)s1)c1ccc(OC)c(Br)c1OC. The van der Waals surface area contributed by atoms with E-state index < -0.39 is 0 Å². The third kappa shape index (κ3) is 3.47. The molecule has 1 aromatic heterocycles. The monoisotopic (exact) mass is 497 g/mol. The van der Waals surface area contributed by atoms with Crippen LogP contribution in [0.3, 0.4) is 0 Å². The van der Waals surface area contributed by atoms with Crippen molar-refractivity contribution in [3.63, 3.8) is 0 Å². The highest BCUT2D eigenvalue weighted by Crippen LogP contribution is 2.44. The van der Waals surface area contributed by atoms with Gasteiger partial charge < -0.3 is 14.8 Å². The maximum Gasteiger partial charge on any atom is 0.141 e. The van der Waals surface area contributed by atoms with E-state index in [-0.39, 0.29) is 6.04 Å². The molecular weight excluding hydrogens is 486 g/mol. The molecule has 0 spiro atoms. The van der Waals surface area contributed by atoms with Crippen molar-refractivity contribution in [2.24, 2.45) is 0 Å². The van der Waals surface area contributed by atoms with Gasteiger partial charge in [-0.3, -0.25) is 0 Å². The second kappa shape index (κ2) is 7.46. The first-order valence-electron chi connectivity index (χ1n) is 6.05. The molecule has 1 unspecified atom stereocenters. The molecule has 1 heterocycles. The van der Waals surface area contributed by atoms with Crippen LogP contribution in [0.1, 0.15) is 16.5 Å². The molecule has 0 saturated heterocycles. The molecule has 0 saturated carbocycles. The number of benzene rings is 1. The summed E-state index contributed by atoms with van der Waals surface area (Å²) in [5.74, 6) is 1.52. The molecule has 0 fully saturated rings. The molecule has 1 N–H and O–H groups in total. The number of rotatable bonds is 5. The van der Waals surface area contributed by atoms with Crippen molar-refractivity contribution in [3.8, 4) is 11.5 Å². The molecule has 2 aromatic rings. The predicted molar refractivity (Wildman–Crippen MR) is 97.9 cm³/mol. The van der Waals surface area contributed by atoms with Crippen molar-refractivity contribution < 1.29 is 9.47 Å². The number of hydrogen-bond donors (Lipinski definition) is 1. The summed E-state index contributed by atoms with van der Waals surface area (Å²) in [5, 5.41) is 3.34. The van der Waals surface area contributed by atoms with E-state index >= 15 is 0 Å². The minimum Gasteiger partial charge on any atom is -0.495 e. The summed E-state index contributed by atoms with van der Waals surface area (Å²) in [6.45, 7) is 0. The summed E-state index contributed by atoms with van der Waals surface area (Å²) in [4.78, 5) is 1.19. The molecule has 0 amide bonds. The van der Waals surface area contributed by atoms with Crippen molar-refractivity contribution in [2.75, 3.05) is 21.3 Å². The first-order chi connectivity index (χ1) is 10.0. The van der Waals surface area contributed by atoms with Crippen molar-refractivity contribution >= 4 is 59.1 Å². The Morgan fingerprint density at radius 2 is 1.86 bits per heavy atom. The summed E-state index contributed by atoms with van der Waals surface area (Å²) in [7, 11) is 5.24. The molecule has 21 heavy (non-hydrogen) atoms. The number of halogens is 3. The Labute approximate surface area is 153 Å². The molecule has 114 valence electrons. The molecule has 0 aliphatic carbocycles. The molecule has 1 atom stereocenters. The largest absolute Gasteiger partial charge is 0.495 e. The van der Waals surface area contributed by atoms with E-state index in [2.05, 4.69) is 59.2 Å². The summed E-state index contributed by atoms with van der Waals surface area (Å²) >= 11 is 12.3. The van der Waals surface area contributed by atoms with Gasteiger partial charge in [0, 0.05) is 14.9 Å². The van der Waals surface area contributed by atoms with Crippen LogP contribution in [0.25, 0.3) is 0 Å². The highest BCUT2D eigenvalue weighted by Gasteiger charge is 2.23. The second-order valence-corrected chi connectivity index (χ2v) is 8.25. The zero-order valence-electron chi connectivity index (χ0n) is 11.7. The van der Waals surface area contributed by atoms with E-state index in [0.29, 0.717) is 0 Å². The third-order valence-electron chi connectivity index (χ3n) is 3.06. The molecule has 2 rings (SSSR count). The van der Waals surface area contributed by atoms with E-state index in [0.717, 1.165) is 29.8 Å². The molecular formula is C14H14Br3NO2S. The smallest absolute Gasteiger partial charge is 0.141 e. The van der Waals surface area contributed by atoms with Gasteiger partial charge in [0.1, 0.15) is 16.0 Å². The summed E-state index contributed by atoms with van der Waals surface area (Å²) in [6.07, 6.45) is 0. The van der Waals surface area contributed by atoms with Gasteiger partial charge in [0.05, 0.1) is 24.0 Å². The van der Waals surface area contributed by atoms with Gasteiger partial charge in [0.25, 0.3) is 0 Å². The van der Waals surface area contributed by atoms with Crippen molar-refractivity contribution in [1.29, 1.82) is 0 Å². The summed E-state index contributed by atoms with van der Waals surface area (Å²) in [6, 6.07) is 6.09. The normalized spacial score (nSPS) is 12.3. The highest BCUT2D eigenvalue weighted by atomic mass is 79.9. The van der Waals surface area contributed by atoms with Gasteiger partial charge in [0.2, 0.25) is 0 Å². The van der Waals surface area contributed by atoms with E-state index in [4.69, 9.17) is 9.47 Å². The Balaban J connectivity index is 2.54. The molecule has 0 aliphatic heterocycles. The lowest BCUT2D eigenvalue weighted by Crippen LogP contribution is -2.17. The average molecular weight is 500 g/mol. The maximum absolute atomic E-state index is 5.57. The molecule has 3 nitrogen and oxygen atoms in total. The quantitative estimate of drug-likeness (QED) is 0.600. The van der Waals surface area contributed by atoms with Crippen LogP contribution in [0.4, 0.5) is 0 Å². The van der Waals surface area contributed by atoms with E-state index in [1.807, 2.05) is 19.2 Å². The maximum atomic E-state index is 5.57. The standard InChI is InChI=1S/C14H14Br3NO2S/c1-18-12(10-6-8(15)14(17)21-10)7-4-5-9(19-2)11(16)13(7)20-3/h4-6,12,18H,1-3H3. The van der Waals surface area contributed by atoms with Crippen molar-refractivity contribution in [2.45, 2.75) is 6.04 Å². The fourth-order valence-electron chi connectivity index (χ4n) is 2.10. The Morgan fingerprint density at radius 1 is 1.14 bits per heavy atom. The van der Waals surface area contributed by atoms with Crippen LogP contribution in [0.2, 0.25) is 0 Å². The van der Waals surface area contributed by atoms with Crippen LogP contribution in [-0.2, 0) is 0 Å². The summed E-state index contributed by atoms with van der Waals surface area (Å²) in [5.41, 5.74) is 1.05. The van der Waals surface area contributed by atoms with Crippen molar-refractivity contribution in [3.05, 3.63) is 41.4 Å². The minimum absolute atomic E-state index is 0.0368. The first-order valence-corrected chi connectivity index (χ1v) is 9.25. The fourth-order valence-corrected chi connectivity index (χ4v) is 5.01. The Hall–Kier alpha value is -0.0800. The predicted octanol–water partition coefficient (Wildman–Crippen LogP) is 5.36. The van der Waals surface area contributed by atoms with Crippen LogP contribution < -0.4 is 14.8 Å². The van der Waals surface area contributed by atoms with E-state index in [9.17, 15) is 0 Å². The first kappa shape index (κ1) is 17.3. The lowest BCUT2D eigenvalue weighted by atomic mass is 10.0. The average Bonchev–Trinajstić information content (AvgIpc) is 2.79. The molecule has 0 bridgehead atoms. The lowest BCUT2D eigenvalue weighted by molar-refractivity contribution is 0.383. The molecule has 1 aromatic carbocycles. The van der Waals surface area contributed by atoms with Gasteiger partial charge >= 0.3 is 0 Å². The van der Waals surface area contributed by atoms with Crippen molar-refractivity contribution in [1.82, 2.24) is 5.32 Å². The van der Waals surface area contributed by atoms with Gasteiger partial charge in [-0.15, -0.1) is 11.3 Å². The molecule has 0 aliphatic rings. The number of methoxy groups -OCH3 is 2. The van der Waals surface area contributed by atoms with Gasteiger partial charge in [-0.25, -0.2) is 0 Å². The van der Waals surface area contributed by atoms with E-state index in [1.54, 1.807) is 25.6 Å². The summed E-state index contributed by atoms with van der Waals surface area (Å²) < 4.78 is 13.8. The van der Waals surface area contributed by atoms with Gasteiger partial charge in [-0.1, -0.05) is 0 Å². The van der Waals surface area contributed by atoms with Crippen LogP contribution in [0, 0.1) is 0 Å². The topological polar surface area (TPSA) is 30.5 Å². The minimum atomic E-state index is 0.0368. The van der Waals surface area contributed by atoms with Crippen LogP contribution in [0.5, 0.6) is 11.5 Å². The zero-order valence-corrected chi connectivity index (χ0v) is 17.2. The lowest BCUT2D eigenvalue weighted by Gasteiger charge is -2.20. The fraction of sp³-hybridized carbons (Fsp3) is 0.286. The van der Waals surface area contributed by atoms with Gasteiger partial charge in [-0.05, 0) is 73.0 Å². The van der Waals surface area contributed by atoms with Crippen LogP contribution in [0.15, 0.2) is 30.9 Å². The van der Waals surface area contributed by atoms with Crippen LogP contribution in [-0.4, -0.2) is 21.3 Å². The Morgan fingerprint density at radius 3 is 2.33 bits per heavy atom. The zero-order chi connectivity index (χ0) is 15.6. The number of nitrogens with one attached hydrogen (secondary N) is 1. The van der Waals surface area contributed by atoms with Crippen LogP contribution >= 0.6 is 59.1 Å². The van der Waals surface area contributed by atoms with Gasteiger partial charge in [0.15, 0.2) is 0 Å². The third-order valence-corrected chi connectivity index (χ3v) is 7.14.